The molecule has 3 aromatic rings. The number of nitro groups is 1. The van der Waals surface area contributed by atoms with E-state index in [1.54, 1.807) is 12.1 Å². The van der Waals surface area contributed by atoms with Gasteiger partial charge in [-0.15, -0.1) is 0 Å². The van der Waals surface area contributed by atoms with Crippen molar-refractivity contribution in [3.05, 3.63) is 64.0 Å². The van der Waals surface area contributed by atoms with Crippen LogP contribution in [0.5, 0.6) is 0 Å². The summed E-state index contributed by atoms with van der Waals surface area (Å²) in [7, 11) is 0. The summed E-state index contributed by atoms with van der Waals surface area (Å²) >= 11 is 1.09. The first-order chi connectivity index (χ1) is 12.0. The maximum Gasteiger partial charge on any atom is 0.271 e. The van der Waals surface area contributed by atoms with Gasteiger partial charge >= 0.3 is 0 Å². The highest BCUT2D eigenvalue weighted by Crippen LogP contribution is 2.26. The van der Waals surface area contributed by atoms with Crippen molar-refractivity contribution in [1.29, 1.82) is 0 Å². The van der Waals surface area contributed by atoms with Gasteiger partial charge in [-0.1, -0.05) is 23.9 Å². The first-order valence-corrected chi connectivity index (χ1v) is 8.19. The van der Waals surface area contributed by atoms with Crippen LogP contribution in [0.2, 0.25) is 0 Å². The fraction of sp³-hybridized carbons (Fsp3) is 0.125. The Kier molecular flexibility index (Phi) is 4.94. The normalized spacial score (nSPS) is 10.8. The Labute approximate surface area is 145 Å². The number of rotatable bonds is 6. The number of oxazole rings is 1. The van der Waals surface area contributed by atoms with Crippen molar-refractivity contribution in [2.24, 2.45) is 0 Å². The van der Waals surface area contributed by atoms with E-state index in [0.717, 1.165) is 17.3 Å². The summed E-state index contributed by atoms with van der Waals surface area (Å²) in [5.41, 5.74) is 1.49. The predicted octanol–water partition coefficient (Wildman–Crippen LogP) is 3.28. The van der Waals surface area contributed by atoms with E-state index in [-0.39, 0.29) is 28.4 Å². The van der Waals surface area contributed by atoms with Crippen LogP contribution in [0.3, 0.4) is 0 Å². The number of hydrogen-bond acceptors (Lipinski definition) is 6. The molecule has 0 aliphatic rings. The van der Waals surface area contributed by atoms with Crippen LogP contribution in [-0.2, 0) is 11.3 Å². The minimum absolute atomic E-state index is 0.0746. The van der Waals surface area contributed by atoms with E-state index in [2.05, 4.69) is 10.3 Å². The molecule has 0 fully saturated rings. The van der Waals surface area contributed by atoms with E-state index in [9.17, 15) is 19.3 Å². The van der Waals surface area contributed by atoms with E-state index in [1.165, 1.54) is 30.3 Å². The maximum atomic E-state index is 12.8. The molecule has 0 aliphatic heterocycles. The average molecular weight is 361 g/mol. The molecule has 7 nitrogen and oxygen atoms in total. The molecule has 1 N–H and O–H groups in total. The van der Waals surface area contributed by atoms with Crippen LogP contribution in [-0.4, -0.2) is 21.6 Å². The van der Waals surface area contributed by atoms with Gasteiger partial charge in [-0.25, -0.2) is 9.37 Å². The smallest absolute Gasteiger partial charge is 0.271 e. The minimum Gasteiger partial charge on any atom is -0.431 e. The van der Waals surface area contributed by atoms with Crippen LogP contribution in [0, 0.1) is 15.9 Å². The Balaban J connectivity index is 1.55. The summed E-state index contributed by atoms with van der Waals surface area (Å²) < 4.78 is 18.2. The van der Waals surface area contributed by atoms with Crippen molar-refractivity contribution in [1.82, 2.24) is 10.3 Å². The molecule has 1 amide bonds. The molecule has 0 unspecified atom stereocenters. The highest BCUT2D eigenvalue weighted by molar-refractivity contribution is 7.99. The number of nitrogens with one attached hydrogen (secondary N) is 1. The summed E-state index contributed by atoms with van der Waals surface area (Å²) in [6, 6.07) is 9.96. The van der Waals surface area contributed by atoms with Gasteiger partial charge in [-0.2, -0.15) is 0 Å². The zero-order chi connectivity index (χ0) is 17.8. The number of nitrogens with zero attached hydrogens (tertiary/aromatic N) is 2. The third kappa shape index (κ3) is 4.32. The monoisotopic (exact) mass is 361 g/mol. The Morgan fingerprint density at radius 3 is 2.76 bits per heavy atom. The third-order valence-electron chi connectivity index (χ3n) is 3.29. The molecule has 1 aromatic heterocycles. The first kappa shape index (κ1) is 16.9. The van der Waals surface area contributed by atoms with E-state index < -0.39 is 4.92 Å². The summed E-state index contributed by atoms with van der Waals surface area (Å²) in [5, 5.41) is 13.7. The van der Waals surface area contributed by atoms with E-state index in [1.807, 2.05) is 0 Å². The molecule has 0 radical (unpaired) electrons. The highest BCUT2D eigenvalue weighted by Gasteiger charge is 2.13. The largest absolute Gasteiger partial charge is 0.431 e. The van der Waals surface area contributed by atoms with Gasteiger partial charge in [0, 0.05) is 18.7 Å². The van der Waals surface area contributed by atoms with Gasteiger partial charge in [0.1, 0.15) is 11.3 Å². The zero-order valence-electron chi connectivity index (χ0n) is 12.8. The number of thioether (sulfide) groups is 1. The number of halogens is 1. The molecule has 0 saturated heterocycles. The number of hydrogen-bond donors (Lipinski definition) is 1. The van der Waals surface area contributed by atoms with Gasteiger partial charge in [0.25, 0.3) is 10.9 Å². The lowest BCUT2D eigenvalue weighted by atomic mass is 10.2. The number of non-ortho nitro benzene ring substituents is 1. The molecule has 25 heavy (non-hydrogen) atoms. The molecule has 1 heterocycles. The van der Waals surface area contributed by atoms with Gasteiger partial charge in [-0.05, 0) is 23.8 Å². The highest BCUT2D eigenvalue weighted by atomic mass is 32.2. The second-order valence-corrected chi connectivity index (χ2v) is 6.01. The molecule has 3 rings (SSSR count). The van der Waals surface area contributed by atoms with Gasteiger partial charge in [0.15, 0.2) is 5.58 Å². The first-order valence-electron chi connectivity index (χ1n) is 7.20. The molecule has 2 aromatic carbocycles. The Hall–Kier alpha value is -2.94. The summed E-state index contributed by atoms with van der Waals surface area (Å²) in [4.78, 5) is 26.2. The SMILES string of the molecule is O=C(CSc1nc2cc([N+](=O)[O-])ccc2o1)NCc1ccc(F)cc1. The van der Waals surface area contributed by atoms with Crippen molar-refractivity contribution in [2.45, 2.75) is 11.8 Å². The van der Waals surface area contributed by atoms with Gasteiger partial charge < -0.3 is 9.73 Å². The Morgan fingerprint density at radius 1 is 1.28 bits per heavy atom. The van der Waals surface area contributed by atoms with Crippen LogP contribution >= 0.6 is 11.8 Å². The summed E-state index contributed by atoms with van der Waals surface area (Å²) in [5.74, 6) is -0.486. The van der Waals surface area contributed by atoms with Crippen LogP contribution < -0.4 is 5.32 Å². The molecule has 128 valence electrons. The van der Waals surface area contributed by atoms with E-state index in [4.69, 9.17) is 4.42 Å². The number of benzene rings is 2. The number of carbonyl (C=O) groups is 1. The molecule has 0 aliphatic carbocycles. The van der Waals surface area contributed by atoms with Crippen LogP contribution in [0.25, 0.3) is 11.1 Å². The van der Waals surface area contributed by atoms with E-state index in [0.29, 0.717) is 17.6 Å². The molecule has 0 bridgehead atoms. The van der Waals surface area contributed by atoms with E-state index >= 15 is 0 Å². The van der Waals surface area contributed by atoms with Crippen molar-refractivity contribution >= 4 is 34.5 Å². The van der Waals surface area contributed by atoms with Gasteiger partial charge in [0.2, 0.25) is 5.91 Å². The molecule has 9 heteroatoms. The number of carbonyl (C=O) groups excluding carboxylic acids is 1. The molecule has 0 saturated carbocycles. The standard InChI is InChI=1S/C16H12FN3O4S/c17-11-3-1-10(2-4-11)8-18-15(21)9-25-16-19-13-7-12(20(22)23)5-6-14(13)24-16/h1-7H,8-9H2,(H,18,21). The van der Waals surface area contributed by atoms with Crippen LogP contribution in [0.4, 0.5) is 10.1 Å². The average Bonchev–Trinajstić information content (AvgIpc) is 3.01. The quantitative estimate of drug-likeness (QED) is 0.411. The Bertz CT molecular complexity index is 927. The van der Waals surface area contributed by atoms with Gasteiger partial charge in [0.05, 0.1) is 10.7 Å². The van der Waals surface area contributed by atoms with Crippen LogP contribution in [0.15, 0.2) is 52.1 Å². The minimum atomic E-state index is -0.510. The second kappa shape index (κ2) is 7.31. The number of fused-ring (bicyclic) bond motifs is 1. The zero-order valence-corrected chi connectivity index (χ0v) is 13.6. The lowest BCUT2D eigenvalue weighted by Gasteiger charge is -2.04. The topological polar surface area (TPSA) is 98.3 Å². The molecular weight excluding hydrogens is 349 g/mol. The number of nitro benzene ring substituents is 1. The van der Waals surface area contributed by atoms with Crippen molar-refractivity contribution in [3.63, 3.8) is 0 Å². The molecule has 0 atom stereocenters. The summed E-state index contributed by atoms with van der Waals surface area (Å²) in [6.07, 6.45) is 0. The van der Waals surface area contributed by atoms with Gasteiger partial charge in [-0.3, -0.25) is 14.9 Å². The number of aromatic nitrogens is 1. The summed E-state index contributed by atoms with van der Waals surface area (Å²) in [6.45, 7) is 0.291. The Morgan fingerprint density at radius 2 is 2.04 bits per heavy atom. The third-order valence-corrected chi connectivity index (χ3v) is 4.12. The lowest BCUT2D eigenvalue weighted by molar-refractivity contribution is -0.384. The predicted molar refractivity (Wildman–Crippen MR) is 89.6 cm³/mol. The molecular formula is C16H12FN3O4S. The number of amides is 1. The lowest BCUT2D eigenvalue weighted by Crippen LogP contribution is -2.24. The van der Waals surface area contributed by atoms with Crippen molar-refractivity contribution in [2.75, 3.05) is 5.75 Å². The van der Waals surface area contributed by atoms with Crippen molar-refractivity contribution in [3.8, 4) is 0 Å². The fourth-order valence-electron chi connectivity index (χ4n) is 2.05. The molecule has 0 spiro atoms. The second-order valence-electron chi connectivity index (χ2n) is 5.08. The van der Waals surface area contributed by atoms with Crippen molar-refractivity contribution < 1.29 is 18.5 Å². The maximum absolute atomic E-state index is 12.8. The fourth-order valence-corrected chi connectivity index (χ4v) is 2.72. The van der Waals surface area contributed by atoms with Crippen LogP contribution in [0.1, 0.15) is 5.56 Å².